The smallest absolute Gasteiger partial charge is 0.356 e. The van der Waals surface area contributed by atoms with E-state index in [0.717, 1.165) is 18.2 Å². The molecule has 3 N–H and O–H groups in total. The fourth-order valence-corrected chi connectivity index (χ4v) is 2.76. The van der Waals surface area contributed by atoms with Gasteiger partial charge in [-0.1, -0.05) is 6.07 Å². The molecule has 5 nitrogen and oxygen atoms in total. The molecule has 0 saturated heterocycles. The first-order valence-electron chi connectivity index (χ1n) is 8.36. The van der Waals surface area contributed by atoms with Crippen LogP contribution in [0.2, 0.25) is 0 Å². The Hall–Kier alpha value is -2.35. The zero-order valence-electron chi connectivity index (χ0n) is 14.7. The van der Waals surface area contributed by atoms with Crippen molar-refractivity contribution in [3.8, 4) is 0 Å². The van der Waals surface area contributed by atoms with Gasteiger partial charge in [0.1, 0.15) is 11.5 Å². The zero-order valence-corrected chi connectivity index (χ0v) is 14.7. The number of esters is 1. The molecule has 2 rings (SSSR count). The number of alkyl halides is 2. The van der Waals surface area contributed by atoms with Crippen molar-refractivity contribution >= 4 is 11.7 Å². The molecule has 0 amide bonds. The van der Waals surface area contributed by atoms with Gasteiger partial charge in [-0.25, -0.2) is 18.0 Å². The fraction of sp³-hybridized carbons (Fsp3) is 0.444. The molecule has 1 atom stereocenters. The quantitative estimate of drug-likeness (QED) is 0.597. The Labute approximate surface area is 150 Å². The highest BCUT2D eigenvalue weighted by Crippen LogP contribution is 2.30. The summed E-state index contributed by atoms with van der Waals surface area (Å²) in [5.74, 6) is -1.34. The lowest BCUT2D eigenvalue weighted by Crippen LogP contribution is -2.35. The predicted molar refractivity (Wildman–Crippen MR) is 92.5 cm³/mol. The molecule has 0 radical (unpaired) electrons. The van der Waals surface area contributed by atoms with Gasteiger partial charge < -0.3 is 15.8 Å². The van der Waals surface area contributed by atoms with Gasteiger partial charge in [0.2, 0.25) is 0 Å². The van der Waals surface area contributed by atoms with Gasteiger partial charge in [0.15, 0.2) is 0 Å². The molecule has 1 aromatic rings. The van der Waals surface area contributed by atoms with E-state index in [4.69, 9.17) is 10.5 Å². The zero-order chi connectivity index (χ0) is 19.3. The number of hydrogen-bond donors (Lipinski definition) is 2. The molecule has 0 aromatic heterocycles. The molecule has 0 saturated carbocycles. The van der Waals surface area contributed by atoms with Crippen LogP contribution in [0.25, 0.3) is 0 Å². The van der Waals surface area contributed by atoms with E-state index in [-0.39, 0.29) is 23.4 Å². The molecule has 0 bridgehead atoms. The van der Waals surface area contributed by atoms with Crippen molar-refractivity contribution in [1.29, 1.82) is 0 Å². The molecule has 1 aliphatic heterocycles. The Morgan fingerprint density at radius 3 is 2.73 bits per heavy atom. The standard InChI is InChI=1S/C18H22F3N3O2/c1-3-26-18(25)16(14-9-23-7-6-15(14)22)24-10(2)13-8-11(19)4-5-12(13)17(20)21/h4-5,8,10,17,23H,3,6-7,9,22H2,1-2H3. The van der Waals surface area contributed by atoms with Gasteiger partial charge in [-0.3, -0.25) is 4.99 Å². The van der Waals surface area contributed by atoms with E-state index in [1.54, 1.807) is 6.92 Å². The molecule has 1 aliphatic rings. The van der Waals surface area contributed by atoms with Crippen LogP contribution in [0.15, 0.2) is 34.5 Å². The van der Waals surface area contributed by atoms with Crippen LogP contribution in [0.3, 0.4) is 0 Å². The first kappa shape index (κ1) is 20.0. The molecule has 0 spiro atoms. The second kappa shape index (κ2) is 8.84. The van der Waals surface area contributed by atoms with Crippen molar-refractivity contribution in [3.05, 3.63) is 46.4 Å². The van der Waals surface area contributed by atoms with Crippen LogP contribution >= 0.6 is 0 Å². The number of hydrogen-bond acceptors (Lipinski definition) is 5. The second-order valence-electron chi connectivity index (χ2n) is 5.88. The van der Waals surface area contributed by atoms with Gasteiger partial charge in [0.05, 0.1) is 12.6 Å². The highest BCUT2D eigenvalue weighted by atomic mass is 19.3. The van der Waals surface area contributed by atoms with Crippen molar-refractivity contribution in [3.63, 3.8) is 0 Å². The highest BCUT2D eigenvalue weighted by Gasteiger charge is 2.25. The lowest BCUT2D eigenvalue weighted by atomic mass is 9.99. The van der Waals surface area contributed by atoms with E-state index in [2.05, 4.69) is 10.3 Å². The van der Waals surface area contributed by atoms with Crippen molar-refractivity contribution in [2.24, 2.45) is 10.7 Å². The number of nitrogens with zero attached hydrogens (tertiary/aromatic N) is 1. The van der Waals surface area contributed by atoms with Gasteiger partial charge in [-0.15, -0.1) is 0 Å². The van der Waals surface area contributed by atoms with Gasteiger partial charge in [0.25, 0.3) is 6.43 Å². The first-order chi connectivity index (χ1) is 12.3. The van der Waals surface area contributed by atoms with Crippen molar-refractivity contribution in [1.82, 2.24) is 5.32 Å². The third-order valence-corrected chi connectivity index (χ3v) is 4.07. The molecule has 1 unspecified atom stereocenters. The van der Waals surface area contributed by atoms with E-state index >= 15 is 0 Å². The number of carbonyl (C=O) groups is 1. The van der Waals surface area contributed by atoms with Crippen LogP contribution in [-0.2, 0) is 9.53 Å². The normalized spacial score (nSPS) is 16.8. The second-order valence-corrected chi connectivity index (χ2v) is 5.88. The third-order valence-electron chi connectivity index (χ3n) is 4.07. The number of rotatable bonds is 6. The molecule has 26 heavy (non-hydrogen) atoms. The molecule has 1 heterocycles. The summed E-state index contributed by atoms with van der Waals surface area (Å²) in [6.07, 6.45) is -2.25. The molecule has 8 heteroatoms. The predicted octanol–water partition coefficient (Wildman–Crippen LogP) is 3.03. The average Bonchev–Trinajstić information content (AvgIpc) is 2.60. The van der Waals surface area contributed by atoms with E-state index in [1.807, 2.05) is 0 Å². The minimum atomic E-state index is -2.78. The summed E-state index contributed by atoms with van der Waals surface area (Å²) in [5.41, 5.74) is 6.65. The molecule has 0 fully saturated rings. The van der Waals surface area contributed by atoms with Crippen molar-refractivity contribution < 1.29 is 22.7 Å². The Morgan fingerprint density at radius 2 is 2.12 bits per heavy atom. The first-order valence-corrected chi connectivity index (χ1v) is 8.36. The molecule has 1 aromatic carbocycles. The van der Waals surface area contributed by atoms with Crippen LogP contribution in [0.4, 0.5) is 13.2 Å². The topological polar surface area (TPSA) is 76.7 Å². The number of halogens is 3. The van der Waals surface area contributed by atoms with Crippen LogP contribution in [0.5, 0.6) is 0 Å². The van der Waals surface area contributed by atoms with Gasteiger partial charge in [0, 0.05) is 29.9 Å². The largest absolute Gasteiger partial charge is 0.461 e. The summed E-state index contributed by atoms with van der Waals surface area (Å²) >= 11 is 0. The number of ether oxygens (including phenoxy) is 1. The van der Waals surface area contributed by atoms with E-state index in [0.29, 0.717) is 30.8 Å². The lowest BCUT2D eigenvalue weighted by Gasteiger charge is -2.21. The number of carbonyl (C=O) groups excluding carboxylic acids is 1. The summed E-state index contributed by atoms with van der Waals surface area (Å²) < 4.78 is 45.1. The Kier molecular flexibility index (Phi) is 6.79. The Balaban J connectivity index is 2.49. The summed E-state index contributed by atoms with van der Waals surface area (Å²) in [6.45, 7) is 4.29. The highest BCUT2D eigenvalue weighted by molar-refractivity contribution is 6.43. The van der Waals surface area contributed by atoms with Crippen LogP contribution < -0.4 is 11.1 Å². The number of nitrogens with one attached hydrogen (secondary N) is 1. The molecule has 0 aliphatic carbocycles. The Morgan fingerprint density at radius 1 is 1.38 bits per heavy atom. The van der Waals surface area contributed by atoms with E-state index in [1.165, 1.54) is 6.92 Å². The van der Waals surface area contributed by atoms with Crippen LogP contribution in [-0.4, -0.2) is 31.4 Å². The van der Waals surface area contributed by atoms with Crippen LogP contribution in [0.1, 0.15) is 43.9 Å². The number of nitrogens with two attached hydrogens (primary N) is 1. The maximum Gasteiger partial charge on any atom is 0.356 e. The van der Waals surface area contributed by atoms with Crippen molar-refractivity contribution in [2.45, 2.75) is 32.7 Å². The minimum Gasteiger partial charge on any atom is -0.461 e. The maximum absolute atomic E-state index is 13.6. The molecular weight excluding hydrogens is 347 g/mol. The summed E-state index contributed by atoms with van der Waals surface area (Å²) in [5, 5.41) is 3.09. The maximum atomic E-state index is 13.6. The lowest BCUT2D eigenvalue weighted by molar-refractivity contribution is -0.135. The third kappa shape index (κ3) is 4.63. The van der Waals surface area contributed by atoms with Crippen LogP contribution in [0, 0.1) is 5.82 Å². The summed E-state index contributed by atoms with van der Waals surface area (Å²) in [6, 6.07) is 2.13. The average molecular weight is 369 g/mol. The fourth-order valence-electron chi connectivity index (χ4n) is 2.76. The Bertz CT molecular complexity index is 732. The summed E-state index contributed by atoms with van der Waals surface area (Å²) in [7, 11) is 0. The van der Waals surface area contributed by atoms with Crippen molar-refractivity contribution in [2.75, 3.05) is 19.7 Å². The summed E-state index contributed by atoms with van der Waals surface area (Å²) in [4.78, 5) is 16.6. The van der Waals surface area contributed by atoms with Gasteiger partial charge in [-0.05, 0) is 38.0 Å². The van der Waals surface area contributed by atoms with Gasteiger partial charge >= 0.3 is 5.97 Å². The molecular formula is C18H22F3N3O2. The number of aliphatic imine (C=N–C) groups is 1. The minimum absolute atomic E-state index is 0.0183. The molecule has 142 valence electrons. The van der Waals surface area contributed by atoms with E-state index < -0.39 is 24.3 Å². The number of benzene rings is 1. The van der Waals surface area contributed by atoms with Gasteiger partial charge in [-0.2, -0.15) is 0 Å². The van der Waals surface area contributed by atoms with E-state index in [9.17, 15) is 18.0 Å². The monoisotopic (exact) mass is 369 g/mol. The SMILES string of the molecule is CCOC(=O)C(=NC(C)c1cc(F)ccc1C(F)F)C1=C(N)CCNC1.